The molecule has 2 aromatic carbocycles. The number of aliphatic hydroxyl groups excluding tert-OH is 2. The van der Waals surface area contributed by atoms with Crippen molar-refractivity contribution in [3.05, 3.63) is 108 Å². The van der Waals surface area contributed by atoms with E-state index in [2.05, 4.69) is 41.2 Å². The highest BCUT2D eigenvalue weighted by Crippen LogP contribution is 2.69. The third kappa shape index (κ3) is 3.18. The van der Waals surface area contributed by atoms with Crippen LogP contribution in [-0.2, 0) is 10.3 Å². The second kappa shape index (κ2) is 8.61. The van der Waals surface area contributed by atoms with Crippen LogP contribution in [0.2, 0.25) is 0 Å². The van der Waals surface area contributed by atoms with E-state index in [1.54, 1.807) is 0 Å². The number of allylic oxidation sites excluding steroid dienone is 1. The third-order valence-electron chi connectivity index (χ3n) is 9.44. The lowest BCUT2D eigenvalue weighted by Crippen LogP contribution is -2.62. The molecule has 1 spiro atoms. The number of likely N-dealkylation sites (tertiary alicyclic amines) is 1. The van der Waals surface area contributed by atoms with Gasteiger partial charge in [0, 0.05) is 34.6 Å². The SMILES string of the molecule is CN1CC[C@]23C4=C5C=CC(O)C4(c4ccc(N)cc4)O[C@H]2[C@@H](O)C=C[C@H]3[C@H]1C5.c1ccc2ncccc2c1. The van der Waals surface area contributed by atoms with E-state index in [0.717, 1.165) is 30.5 Å². The van der Waals surface area contributed by atoms with E-state index in [4.69, 9.17) is 10.5 Å². The Morgan fingerprint density at radius 3 is 2.61 bits per heavy atom. The number of para-hydroxylation sites is 1. The van der Waals surface area contributed by atoms with E-state index in [9.17, 15) is 10.2 Å². The molecule has 3 heterocycles. The fourth-order valence-corrected chi connectivity index (χ4v) is 7.79. The van der Waals surface area contributed by atoms with Crippen molar-refractivity contribution in [2.45, 2.75) is 42.8 Å². The normalized spacial score (nSPS) is 36.6. The molecule has 2 aliphatic heterocycles. The molecule has 194 valence electrons. The molecule has 5 aliphatic rings. The van der Waals surface area contributed by atoms with Crippen LogP contribution < -0.4 is 5.73 Å². The highest BCUT2D eigenvalue weighted by molar-refractivity contribution is 5.77. The molecule has 0 radical (unpaired) electrons. The standard InChI is InChI=1S/C23H26N2O3.C9H7N/c1-25-11-10-22-16-7-8-18(26)21(22)28-23(14-3-5-15(24)6-4-14)19(27)9-2-13(20(22)23)12-17(16)25;1-2-6-9-8(4-1)5-3-7-10-9/h2-9,16-19,21,26-27H,10-12,24H2,1H3;1-7H/t16-,17+,18-,19?,21-,22-,23?;/m0./s1. The van der Waals surface area contributed by atoms with Crippen molar-refractivity contribution in [1.82, 2.24) is 9.88 Å². The Labute approximate surface area is 222 Å². The van der Waals surface area contributed by atoms with Crippen molar-refractivity contribution in [2.24, 2.45) is 11.3 Å². The first-order valence-corrected chi connectivity index (χ1v) is 13.5. The van der Waals surface area contributed by atoms with Gasteiger partial charge < -0.3 is 25.6 Å². The number of piperidine rings is 1. The van der Waals surface area contributed by atoms with Gasteiger partial charge in [-0.1, -0.05) is 60.7 Å². The Morgan fingerprint density at radius 1 is 1.00 bits per heavy atom. The first-order valence-electron chi connectivity index (χ1n) is 13.5. The van der Waals surface area contributed by atoms with Gasteiger partial charge in [0.1, 0.15) is 11.7 Å². The van der Waals surface area contributed by atoms with Gasteiger partial charge in [-0.05, 0) is 67.4 Å². The summed E-state index contributed by atoms with van der Waals surface area (Å²) in [4.78, 5) is 6.63. The monoisotopic (exact) mass is 507 g/mol. The number of benzene rings is 2. The number of nitrogens with zero attached hydrogens (tertiary/aromatic N) is 2. The third-order valence-corrected chi connectivity index (χ3v) is 9.44. The Morgan fingerprint density at radius 2 is 1.79 bits per heavy atom. The molecule has 8 rings (SSSR count). The quantitative estimate of drug-likeness (QED) is 0.341. The van der Waals surface area contributed by atoms with Crippen LogP contribution in [-0.4, -0.2) is 58.0 Å². The molecule has 3 aromatic rings. The number of pyridine rings is 1. The summed E-state index contributed by atoms with van der Waals surface area (Å²) in [5, 5.41) is 23.4. The van der Waals surface area contributed by atoms with E-state index in [1.165, 1.54) is 16.5 Å². The number of ether oxygens (including phenoxy) is 1. The Bertz CT molecular complexity index is 1420. The fourth-order valence-electron chi connectivity index (χ4n) is 7.79. The number of hydrogen-bond acceptors (Lipinski definition) is 6. The molecule has 2 saturated heterocycles. The van der Waals surface area contributed by atoms with Crippen molar-refractivity contribution in [2.75, 3.05) is 19.3 Å². The predicted octanol–water partition coefficient (Wildman–Crippen LogP) is 3.97. The number of hydrogen-bond donors (Lipinski definition) is 3. The summed E-state index contributed by atoms with van der Waals surface area (Å²) in [6.45, 7) is 0.968. The van der Waals surface area contributed by atoms with Gasteiger partial charge in [0.15, 0.2) is 0 Å². The average molecular weight is 508 g/mol. The maximum absolute atomic E-state index is 11.3. The lowest BCUT2D eigenvalue weighted by molar-refractivity contribution is -0.144. The van der Waals surface area contributed by atoms with Gasteiger partial charge in [-0.3, -0.25) is 4.98 Å². The summed E-state index contributed by atoms with van der Waals surface area (Å²) in [6.07, 6.45) is 9.92. The molecular formula is C32H33N3O3. The molecule has 0 saturated carbocycles. The maximum Gasteiger partial charge on any atom is 0.145 e. The molecule has 38 heavy (non-hydrogen) atoms. The molecule has 2 unspecified atom stereocenters. The second-order valence-electron chi connectivity index (χ2n) is 11.2. The molecule has 1 aromatic heterocycles. The van der Waals surface area contributed by atoms with Crippen LogP contribution in [0.3, 0.4) is 0 Å². The number of anilines is 1. The van der Waals surface area contributed by atoms with Crippen molar-refractivity contribution in [3.8, 4) is 0 Å². The van der Waals surface area contributed by atoms with Crippen molar-refractivity contribution in [1.29, 1.82) is 0 Å². The van der Waals surface area contributed by atoms with Crippen molar-refractivity contribution >= 4 is 16.6 Å². The van der Waals surface area contributed by atoms with Crippen LogP contribution >= 0.6 is 0 Å². The first-order chi connectivity index (χ1) is 18.4. The van der Waals surface area contributed by atoms with Crippen LogP contribution in [0, 0.1) is 11.3 Å². The zero-order chi connectivity index (χ0) is 26.1. The van der Waals surface area contributed by atoms with Gasteiger partial charge >= 0.3 is 0 Å². The van der Waals surface area contributed by atoms with Gasteiger partial charge in [0.05, 0.1) is 17.7 Å². The molecule has 4 N–H and O–H groups in total. The smallest absolute Gasteiger partial charge is 0.145 e. The molecule has 7 atom stereocenters. The molecule has 2 bridgehead atoms. The van der Waals surface area contributed by atoms with Crippen molar-refractivity contribution in [3.63, 3.8) is 0 Å². The zero-order valence-electron chi connectivity index (χ0n) is 21.4. The zero-order valence-corrected chi connectivity index (χ0v) is 21.4. The largest absolute Gasteiger partial charge is 0.399 e. The summed E-state index contributed by atoms with van der Waals surface area (Å²) >= 11 is 0. The van der Waals surface area contributed by atoms with Crippen LogP contribution in [0.25, 0.3) is 10.9 Å². The van der Waals surface area contributed by atoms with Gasteiger partial charge in [-0.2, -0.15) is 0 Å². The molecule has 6 nitrogen and oxygen atoms in total. The number of aromatic nitrogens is 1. The lowest BCUT2D eigenvalue weighted by Gasteiger charge is -2.58. The Hall–Kier alpha value is -3.29. The van der Waals surface area contributed by atoms with Crippen LogP contribution in [0.15, 0.2) is 102 Å². The molecule has 3 aliphatic carbocycles. The highest BCUT2D eigenvalue weighted by atomic mass is 16.5. The van der Waals surface area contributed by atoms with Gasteiger partial charge in [0.2, 0.25) is 0 Å². The van der Waals surface area contributed by atoms with E-state index < -0.39 is 17.8 Å². The Kier molecular flexibility index (Phi) is 5.39. The summed E-state index contributed by atoms with van der Waals surface area (Å²) in [7, 11) is 2.20. The van der Waals surface area contributed by atoms with Gasteiger partial charge in [0.25, 0.3) is 0 Å². The molecule has 0 amide bonds. The summed E-state index contributed by atoms with van der Waals surface area (Å²) in [5.74, 6) is 0.285. The number of rotatable bonds is 1. The summed E-state index contributed by atoms with van der Waals surface area (Å²) in [5.41, 5.74) is 9.84. The number of nitrogen functional groups attached to an aromatic ring is 1. The maximum atomic E-state index is 11.3. The summed E-state index contributed by atoms with van der Waals surface area (Å²) in [6, 6.07) is 20.1. The minimum Gasteiger partial charge on any atom is -0.399 e. The average Bonchev–Trinajstić information content (AvgIpc) is 3.27. The first kappa shape index (κ1) is 23.8. The predicted molar refractivity (Wildman–Crippen MR) is 148 cm³/mol. The molecule has 6 heteroatoms. The number of fused-ring (bicyclic) bond motifs is 1. The second-order valence-corrected chi connectivity index (χ2v) is 11.2. The number of aliphatic hydroxyl groups is 2. The minimum absolute atomic E-state index is 0.272. The van der Waals surface area contributed by atoms with Gasteiger partial charge in [-0.25, -0.2) is 0 Å². The highest BCUT2D eigenvalue weighted by Gasteiger charge is 2.71. The van der Waals surface area contributed by atoms with E-state index in [-0.39, 0.29) is 17.4 Å². The molecular weight excluding hydrogens is 474 g/mol. The van der Waals surface area contributed by atoms with Crippen LogP contribution in [0.4, 0.5) is 5.69 Å². The fraction of sp³-hybridized carbons (Fsp3) is 0.344. The van der Waals surface area contributed by atoms with Crippen LogP contribution in [0.1, 0.15) is 18.4 Å². The van der Waals surface area contributed by atoms with Crippen molar-refractivity contribution < 1.29 is 14.9 Å². The minimum atomic E-state index is -0.950. The van der Waals surface area contributed by atoms with E-state index >= 15 is 0 Å². The topological polar surface area (TPSA) is 91.8 Å². The van der Waals surface area contributed by atoms with E-state index in [1.807, 2.05) is 66.9 Å². The van der Waals surface area contributed by atoms with Crippen LogP contribution in [0.5, 0.6) is 0 Å². The lowest BCUT2D eigenvalue weighted by atomic mass is 9.50. The molecule has 2 fully saturated rings. The van der Waals surface area contributed by atoms with Gasteiger partial charge in [-0.15, -0.1) is 0 Å². The summed E-state index contributed by atoms with van der Waals surface area (Å²) < 4.78 is 6.78. The Balaban J connectivity index is 0.000000203. The number of nitrogens with two attached hydrogens (primary N) is 1. The van der Waals surface area contributed by atoms with E-state index in [0.29, 0.717) is 11.7 Å².